The fourth-order valence-electron chi connectivity index (χ4n) is 2.82. The van der Waals surface area contributed by atoms with Crippen molar-refractivity contribution < 1.29 is 14.4 Å². The lowest BCUT2D eigenvalue weighted by Crippen LogP contribution is -2.50. The zero-order valence-electron chi connectivity index (χ0n) is 14.1. The Bertz CT molecular complexity index is 617. The summed E-state index contributed by atoms with van der Waals surface area (Å²) >= 11 is 0. The van der Waals surface area contributed by atoms with Crippen LogP contribution in [-0.4, -0.2) is 53.6 Å². The first-order valence-corrected chi connectivity index (χ1v) is 8.02. The third-order valence-corrected chi connectivity index (χ3v) is 4.34. The molecule has 0 saturated carbocycles. The van der Waals surface area contributed by atoms with Gasteiger partial charge in [-0.1, -0.05) is 17.7 Å². The second-order valence-electron chi connectivity index (χ2n) is 6.13. The average molecular weight is 316 g/mol. The van der Waals surface area contributed by atoms with Crippen molar-refractivity contribution in [2.45, 2.75) is 33.6 Å². The molecule has 0 radical (unpaired) electrons. The van der Waals surface area contributed by atoms with Crippen LogP contribution in [-0.2, 0) is 9.59 Å². The van der Waals surface area contributed by atoms with Crippen LogP contribution in [0.1, 0.15) is 41.3 Å². The number of nitrogens with zero attached hydrogens (tertiary/aromatic N) is 2. The summed E-state index contributed by atoms with van der Waals surface area (Å²) in [5.74, 6) is 0.0518. The van der Waals surface area contributed by atoms with Gasteiger partial charge < -0.3 is 9.80 Å². The predicted octanol–water partition coefficient (Wildman–Crippen LogP) is 1.96. The van der Waals surface area contributed by atoms with Crippen LogP contribution in [0.2, 0.25) is 0 Å². The summed E-state index contributed by atoms with van der Waals surface area (Å²) in [6.45, 7) is 7.66. The first kappa shape index (κ1) is 17.2. The lowest BCUT2D eigenvalue weighted by molar-refractivity contribution is -0.138. The number of carbonyl (C=O) groups excluding carboxylic acids is 3. The number of hydrogen-bond acceptors (Lipinski definition) is 3. The molecular formula is C18H24N2O3. The molecule has 1 aromatic carbocycles. The van der Waals surface area contributed by atoms with Crippen LogP contribution < -0.4 is 0 Å². The molecule has 1 aromatic rings. The number of piperazine rings is 1. The van der Waals surface area contributed by atoms with Gasteiger partial charge in [-0.15, -0.1) is 0 Å². The molecule has 124 valence electrons. The van der Waals surface area contributed by atoms with Gasteiger partial charge in [0.25, 0.3) is 0 Å². The van der Waals surface area contributed by atoms with E-state index in [4.69, 9.17) is 0 Å². The second-order valence-corrected chi connectivity index (χ2v) is 6.13. The zero-order valence-corrected chi connectivity index (χ0v) is 14.1. The Hall–Kier alpha value is -2.17. The quantitative estimate of drug-likeness (QED) is 0.798. The Labute approximate surface area is 137 Å². The fraction of sp³-hybridized carbons (Fsp3) is 0.500. The van der Waals surface area contributed by atoms with E-state index in [0.717, 1.165) is 11.1 Å². The Morgan fingerprint density at radius 3 is 2.17 bits per heavy atom. The van der Waals surface area contributed by atoms with Gasteiger partial charge in [0.05, 0.1) is 0 Å². The monoisotopic (exact) mass is 316 g/mol. The molecule has 23 heavy (non-hydrogen) atoms. The molecule has 2 rings (SSSR count). The molecule has 0 aromatic heterocycles. The van der Waals surface area contributed by atoms with Crippen molar-refractivity contribution in [2.75, 3.05) is 26.2 Å². The standard InChI is InChI=1S/C18H24N2O3/c1-13-4-5-14(2)16(12-13)17(22)6-7-18(23)20-10-8-19(9-11-20)15(3)21/h4-5,12H,6-11H2,1-3H3. The van der Waals surface area contributed by atoms with Gasteiger partial charge in [-0.3, -0.25) is 14.4 Å². The minimum atomic E-state index is -0.00754. The number of aryl methyl sites for hydroxylation is 2. The number of ketones is 1. The molecule has 1 aliphatic rings. The van der Waals surface area contributed by atoms with Crippen LogP contribution in [0, 0.1) is 13.8 Å². The minimum Gasteiger partial charge on any atom is -0.339 e. The number of amides is 2. The maximum absolute atomic E-state index is 12.3. The highest BCUT2D eigenvalue weighted by atomic mass is 16.2. The third-order valence-electron chi connectivity index (χ3n) is 4.34. The largest absolute Gasteiger partial charge is 0.339 e. The molecule has 0 spiro atoms. The van der Waals surface area contributed by atoms with E-state index >= 15 is 0 Å². The molecule has 0 unspecified atom stereocenters. The summed E-state index contributed by atoms with van der Waals surface area (Å²) in [6, 6.07) is 5.80. The fourth-order valence-corrected chi connectivity index (χ4v) is 2.82. The minimum absolute atomic E-state index is 0.00754. The van der Waals surface area contributed by atoms with E-state index in [2.05, 4.69) is 0 Å². The number of hydrogen-bond donors (Lipinski definition) is 0. The van der Waals surface area contributed by atoms with Gasteiger partial charge >= 0.3 is 0 Å². The van der Waals surface area contributed by atoms with Gasteiger partial charge in [0, 0.05) is 51.5 Å². The molecule has 1 heterocycles. The zero-order chi connectivity index (χ0) is 17.0. The molecule has 1 fully saturated rings. The Kier molecular flexibility index (Phi) is 5.53. The maximum Gasteiger partial charge on any atom is 0.223 e. The highest BCUT2D eigenvalue weighted by Gasteiger charge is 2.22. The summed E-state index contributed by atoms with van der Waals surface area (Å²) in [5, 5.41) is 0. The highest BCUT2D eigenvalue weighted by Crippen LogP contribution is 2.15. The summed E-state index contributed by atoms with van der Waals surface area (Å²) in [4.78, 5) is 39.3. The lowest BCUT2D eigenvalue weighted by Gasteiger charge is -2.34. The topological polar surface area (TPSA) is 57.7 Å². The van der Waals surface area contributed by atoms with Gasteiger partial charge in [-0.25, -0.2) is 0 Å². The molecular weight excluding hydrogens is 292 g/mol. The van der Waals surface area contributed by atoms with E-state index in [9.17, 15) is 14.4 Å². The van der Waals surface area contributed by atoms with Crippen LogP contribution in [0.15, 0.2) is 18.2 Å². The van der Waals surface area contributed by atoms with E-state index in [1.165, 1.54) is 0 Å². The van der Waals surface area contributed by atoms with E-state index in [0.29, 0.717) is 31.7 Å². The van der Waals surface area contributed by atoms with Crippen molar-refractivity contribution in [3.05, 3.63) is 34.9 Å². The van der Waals surface area contributed by atoms with Crippen molar-refractivity contribution >= 4 is 17.6 Å². The SMILES string of the molecule is CC(=O)N1CCN(C(=O)CCC(=O)c2cc(C)ccc2C)CC1. The molecule has 0 aliphatic carbocycles. The third kappa shape index (κ3) is 4.41. The van der Waals surface area contributed by atoms with Crippen molar-refractivity contribution in [1.82, 2.24) is 9.80 Å². The molecule has 5 nitrogen and oxygen atoms in total. The summed E-state index contributed by atoms with van der Waals surface area (Å²) in [6.07, 6.45) is 0.461. The van der Waals surface area contributed by atoms with Gasteiger partial charge in [0.1, 0.15) is 0 Å². The Morgan fingerprint density at radius 2 is 1.57 bits per heavy atom. The predicted molar refractivity (Wildman–Crippen MR) is 88.3 cm³/mol. The van der Waals surface area contributed by atoms with E-state index in [-0.39, 0.29) is 30.4 Å². The number of benzene rings is 1. The Morgan fingerprint density at radius 1 is 0.957 bits per heavy atom. The average Bonchev–Trinajstić information content (AvgIpc) is 2.54. The van der Waals surface area contributed by atoms with Crippen LogP contribution in [0.25, 0.3) is 0 Å². The van der Waals surface area contributed by atoms with Gasteiger partial charge in [0.15, 0.2) is 5.78 Å². The van der Waals surface area contributed by atoms with Crippen LogP contribution >= 0.6 is 0 Å². The van der Waals surface area contributed by atoms with Crippen molar-refractivity contribution in [1.29, 1.82) is 0 Å². The summed E-state index contributed by atoms with van der Waals surface area (Å²) in [5.41, 5.74) is 2.70. The van der Waals surface area contributed by atoms with Gasteiger partial charge in [-0.05, 0) is 25.5 Å². The lowest BCUT2D eigenvalue weighted by atomic mass is 9.99. The van der Waals surface area contributed by atoms with Gasteiger partial charge in [-0.2, -0.15) is 0 Å². The van der Waals surface area contributed by atoms with E-state index < -0.39 is 0 Å². The maximum atomic E-state index is 12.3. The van der Waals surface area contributed by atoms with Crippen LogP contribution in [0.5, 0.6) is 0 Å². The molecule has 2 amide bonds. The van der Waals surface area contributed by atoms with Crippen LogP contribution in [0.3, 0.4) is 0 Å². The number of carbonyl (C=O) groups is 3. The molecule has 0 N–H and O–H groups in total. The summed E-state index contributed by atoms with van der Waals surface area (Å²) < 4.78 is 0. The highest BCUT2D eigenvalue weighted by molar-refractivity contribution is 5.99. The molecule has 1 saturated heterocycles. The first-order valence-electron chi connectivity index (χ1n) is 8.02. The van der Waals surface area contributed by atoms with Crippen molar-refractivity contribution in [2.24, 2.45) is 0 Å². The van der Waals surface area contributed by atoms with E-state index in [1.807, 2.05) is 32.0 Å². The molecule has 1 aliphatic heterocycles. The van der Waals surface area contributed by atoms with Crippen LogP contribution in [0.4, 0.5) is 0 Å². The number of rotatable bonds is 4. The van der Waals surface area contributed by atoms with Crippen molar-refractivity contribution in [3.8, 4) is 0 Å². The van der Waals surface area contributed by atoms with Gasteiger partial charge in [0.2, 0.25) is 11.8 Å². The summed E-state index contributed by atoms with van der Waals surface area (Å²) in [7, 11) is 0. The second kappa shape index (κ2) is 7.40. The molecule has 5 heteroatoms. The molecule has 0 atom stereocenters. The normalized spacial score (nSPS) is 14.7. The first-order chi connectivity index (χ1) is 10.9. The van der Waals surface area contributed by atoms with Crippen molar-refractivity contribution in [3.63, 3.8) is 0 Å². The Balaban J connectivity index is 1.86. The van der Waals surface area contributed by atoms with E-state index in [1.54, 1.807) is 16.7 Å². The number of Topliss-reactive ketones (excluding diaryl/α,β-unsaturated/α-hetero) is 1. The smallest absolute Gasteiger partial charge is 0.223 e. The molecule has 0 bridgehead atoms.